The summed E-state index contributed by atoms with van der Waals surface area (Å²) >= 11 is 1.74. The van der Waals surface area contributed by atoms with E-state index < -0.39 is 0 Å². The molecular formula is C18H30N6S. The number of aryl methyl sites for hydroxylation is 1. The Morgan fingerprint density at radius 1 is 1.36 bits per heavy atom. The molecule has 6 nitrogen and oxygen atoms in total. The Labute approximate surface area is 155 Å². The zero-order valence-corrected chi connectivity index (χ0v) is 16.7. The fourth-order valence-corrected chi connectivity index (χ4v) is 3.42. The number of hydrogen-bond donors (Lipinski definition) is 2. The molecule has 0 aliphatic heterocycles. The second-order valence-electron chi connectivity index (χ2n) is 6.49. The molecule has 0 spiro atoms. The van der Waals surface area contributed by atoms with Crippen molar-refractivity contribution in [2.24, 2.45) is 12.0 Å². The van der Waals surface area contributed by atoms with Crippen LogP contribution in [0.5, 0.6) is 0 Å². The summed E-state index contributed by atoms with van der Waals surface area (Å²) in [6.07, 6.45) is 3.99. The van der Waals surface area contributed by atoms with Crippen LogP contribution in [-0.2, 0) is 7.05 Å². The molecule has 2 aromatic rings. The van der Waals surface area contributed by atoms with Gasteiger partial charge in [-0.2, -0.15) is 16.4 Å². The van der Waals surface area contributed by atoms with Crippen LogP contribution in [0.4, 0.5) is 0 Å². The molecular weight excluding hydrogens is 332 g/mol. The molecule has 7 heteroatoms. The lowest BCUT2D eigenvalue weighted by Crippen LogP contribution is -2.42. The van der Waals surface area contributed by atoms with E-state index in [2.05, 4.69) is 71.6 Å². The average Bonchev–Trinajstić information content (AvgIpc) is 3.24. The quantitative estimate of drug-likeness (QED) is 0.559. The zero-order valence-electron chi connectivity index (χ0n) is 15.9. The van der Waals surface area contributed by atoms with Gasteiger partial charge < -0.3 is 15.5 Å². The van der Waals surface area contributed by atoms with Crippen LogP contribution in [0.2, 0.25) is 0 Å². The van der Waals surface area contributed by atoms with Crippen molar-refractivity contribution in [3.8, 4) is 0 Å². The first kappa shape index (κ1) is 19.5. The summed E-state index contributed by atoms with van der Waals surface area (Å²) in [6.45, 7) is 6.69. The smallest absolute Gasteiger partial charge is 0.191 e. The highest BCUT2D eigenvalue weighted by Crippen LogP contribution is 2.18. The van der Waals surface area contributed by atoms with Crippen molar-refractivity contribution in [2.45, 2.75) is 25.8 Å². The number of nitrogens with zero attached hydrogens (tertiary/aromatic N) is 4. The molecule has 0 aromatic carbocycles. The number of guanidine groups is 1. The predicted molar refractivity (Wildman–Crippen MR) is 106 cm³/mol. The highest BCUT2D eigenvalue weighted by molar-refractivity contribution is 7.07. The van der Waals surface area contributed by atoms with Gasteiger partial charge in [-0.05, 0) is 43.4 Å². The van der Waals surface area contributed by atoms with Crippen LogP contribution in [0.15, 0.2) is 34.2 Å². The first-order chi connectivity index (χ1) is 12.0. The summed E-state index contributed by atoms with van der Waals surface area (Å²) in [5.74, 6) is 1.28. The number of thiophene rings is 1. The molecule has 25 heavy (non-hydrogen) atoms. The van der Waals surface area contributed by atoms with Crippen molar-refractivity contribution >= 4 is 17.3 Å². The SMILES string of the molecule is CCNC(=NCC(C)c1ccsc1)NCC(c1cnn(C)c1)N(C)C. The van der Waals surface area contributed by atoms with E-state index in [0.717, 1.165) is 25.6 Å². The molecule has 2 N–H and O–H groups in total. The van der Waals surface area contributed by atoms with E-state index in [0.29, 0.717) is 5.92 Å². The van der Waals surface area contributed by atoms with E-state index in [9.17, 15) is 0 Å². The van der Waals surface area contributed by atoms with Crippen molar-refractivity contribution in [2.75, 3.05) is 33.7 Å². The summed E-state index contributed by atoms with van der Waals surface area (Å²) < 4.78 is 1.84. The maximum Gasteiger partial charge on any atom is 0.191 e. The first-order valence-corrected chi connectivity index (χ1v) is 9.64. The summed E-state index contributed by atoms with van der Waals surface area (Å²) in [5.41, 5.74) is 2.55. The van der Waals surface area contributed by atoms with Gasteiger partial charge in [0.15, 0.2) is 5.96 Å². The van der Waals surface area contributed by atoms with E-state index >= 15 is 0 Å². The average molecular weight is 363 g/mol. The van der Waals surface area contributed by atoms with Gasteiger partial charge in [0.05, 0.1) is 12.2 Å². The van der Waals surface area contributed by atoms with Crippen molar-refractivity contribution in [3.05, 3.63) is 40.3 Å². The maximum absolute atomic E-state index is 4.76. The van der Waals surface area contributed by atoms with Gasteiger partial charge in [0.25, 0.3) is 0 Å². The molecule has 138 valence electrons. The van der Waals surface area contributed by atoms with Gasteiger partial charge in [0.1, 0.15) is 0 Å². The molecule has 2 atom stereocenters. The normalized spacial score (nSPS) is 14.6. The molecule has 0 amide bonds. The van der Waals surface area contributed by atoms with Gasteiger partial charge in [-0.3, -0.25) is 9.67 Å². The van der Waals surface area contributed by atoms with Crippen LogP contribution in [0, 0.1) is 0 Å². The largest absolute Gasteiger partial charge is 0.357 e. The second-order valence-corrected chi connectivity index (χ2v) is 7.27. The van der Waals surface area contributed by atoms with E-state index in [4.69, 9.17) is 4.99 Å². The number of nitrogens with one attached hydrogen (secondary N) is 2. The number of hydrogen-bond acceptors (Lipinski definition) is 4. The maximum atomic E-state index is 4.76. The minimum absolute atomic E-state index is 0.242. The van der Waals surface area contributed by atoms with E-state index in [1.807, 2.05) is 17.9 Å². The highest BCUT2D eigenvalue weighted by atomic mass is 32.1. The summed E-state index contributed by atoms with van der Waals surface area (Å²) in [5, 5.41) is 15.4. The van der Waals surface area contributed by atoms with Crippen LogP contribution in [0.25, 0.3) is 0 Å². The second kappa shape index (κ2) is 9.58. The van der Waals surface area contributed by atoms with Crippen LogP contribution in [0.1, 0.15) is 36.9 Å². The lowest BCUT2D eigenvalue weighted by atomic mass is 10.1. The molecule has 2 aromatic heterocycles. The van der Waals surface area contributed by atoms with Crippen LogP contribution < -0.4 is 10.6 Å². The van der Waals surface area contributed by atoms with Gasteiger partial charge in [-0.1, -0.05) is 6.92 Å². The number of likely N-dealkylation sites (N-methyl/N-ethyl adjacent to an activating group) is 1. The van der Waals surface area contributed by atoms with Gasteiger partial charge >= 0.3 is 0 Å². The molecule has 0 aliphatic carbocycles. The third-order valence-electron chi connectivity index (χ3n) is 4.18. The van der Waals surface area contributed by atoms with Gasteiger partial charge in [-0.15, -0.1) is 0 Å². The molecule has 0 saturated carbocycles. The summed E-state index contributed by atoms with van der Waals surface area (Å²) in [4.78, 5) is 6.96. The van der Waals surface area contributed by atoms with Crippen molar-refractivity contribution < 1.29 is 0 Å². The number of aliphatic imine (C=N–C) groups is 1. The fourth-order valence-electron chi connectivity index (χ4n) is 2.63. The van der Waals surface area contributed by atoms with Crippen LogP contribution in [0.3, 0.4) is 0 Å². The van der Waals surface area contributed by atoms with Crippen LogP contribution in [-0.4, -0.2) is 54.4 Å². The van der Waals surface area contributed by atoms with Gasteiger partial charge in [0, 0.05) is 44.4 Å². The number of rotatable bonds is 8. The molecule has 0 fully saturated rings. The summed E-state index contributed by atoms with van der Waals surface area (Å²) in [6, 6.07) is 2.42. The Hall–Kier alpha value is -1.86. The molecule has 0 aliphatic rings. The van der Waals surface area contributed by atoms with E-state index in [1.54, 1.807) is 11.3 Å². The van der Waals surface area contributed by atoms with Crippen LogP contribution >= 0.6 is 11.3 Å². The summed E-state index contributed by atoms with van der Waals surface area (Å²) in [7, 11) is 6.12. The Balaban J connectivity index is 1.98. The predicted octanol–water partition coefficient (Wildman–Crippen LogP) is 2.44. The third kappa shape index (κ3) is 5.86. The molecule has 2 heterocycles. The Kier molecular flexibility index (Phi) is 7.46. The fraction of sp³-hybridized carbons (Fsp3) is 0.556. The van der Waals surface area contributed by atoms with Gasteiger partial charge in [-0.25, -0.2) is 0 Å². The number of aromatic nitrogens is 2. The first-order valence-electron chi connectivity index (χ1n) is 8.70. The highest BCUT2D eigenvalue weighted by Gasteiger charge is 2.16. The molecule has 0 saturated heterocycles. The molecule has 2 unspecified atom stereocenters. The monoisotopic (exact) mass is 362 g/mol. The van der Waals surface area contributed by atoms with Crippen molar-refractivity contribution in [1.82, 2.24) is 25.3 Å². The topological polar surface area (TPSA) is 57.5 Å². The standard InChI is InChI=1S/C18H30N6S/c1-6-19-18(20-9-14(2)15-7-8-25-13-15)21-11-17(23(3)4)16-10-22-24(5)12-16/h7-8,10,12-14,17H,6,9,11H2,1-5H3,(H2,19,20,21). The third-order valence-corrected chi connectivity index (χ3v) is 4.88. The lowest BCUT2D eigenvalue weighted by molar-refractivity contribution is 0.298. The minimum atomic E-state index is 0.242. The zero-order chi connectivity index (χ0) is 18.2. The minimum Gasteiger partial charge on any atom is -0.357 e. The molecule has 0 radical (unpaired) electrons. The van der Waals surface area contributed by atoms with Crippen molar-refractivity contribution in [1.29, 1.82) is 0 Å². The Bertz CT molecular complexity index is 646. The molecule has 2 rings (SSSR count). The Morgan fingerprint density at radius 3 is 2.72 bits per heavy atom. The van der Waals surface area contributed by atoms with E-state index in [-0.39, 0.29) is 6.04 Å². The van der Waals surface area contributed by atoms with Crippen molar-refractivity contribution in [3.63, 3.8) is 0 Å². The van der Waals surface area contributed by atoms with Gasteiger partial charge in [0.2, 0.25) is 0 Å². The lowest BCUT2D eigenvalue weighted by Gasteiger charge is -2.24. The molecule has 0 bridgehead atoms. The Morgan fingerprint density at radius 2 is 2.16 bits per heavy atom. The van der Waals surface area contributed by atoms with E-state index in [1.165, 1.54) is 11.1 Å².